The summed E-state index contributed by atoms with van der Waals surface area (Å²) in [6.07, 6.45) is 4.82. The van der Waals surface area contributed by atoms with Gasteiger partial charge >= 0.3 is 0 Å². The zero-order valence-electron chi connectivity index (χ0n) is 8.05. The maximum absolute atomic E-state index is 4.13. The van der Waals surface area contributed by atoms with E-state index in [9.17, 15) is 0 Å². The van der Waals surface area contributed by atoms with Crippen LogP contribution in [-0.2, 0) is 6.42 Å². The van der Waals surface area contributed by atoms with Gasteiger partial charge in [0, 0.05) is 16.9 Å². The Morgan fingerprint density at radius 1 is 1.54 bits per heavy atom. The molecule has 0 saturated carbocycles. The summed E-state index contributed by atoms with van der Waals surface area (Å²) in [5, 5.41) is 3.17. The first kappa shape index (κ1) is 10.7. The monoisotopic (exact) mass is 242 g/mol. The van der Waals surface area contributed by atoms with Crippen LogP contribution in [0.25, 0.3) is 0 Å². The average Bonchev–Trinajstić information content (AvgIpc) is 2.04. The predicted octanol–water partition coefficient (Wildman–Crippen LogP) is 2.24. The molecule has 0 aliphatic heterocycles. The summed E-state index contributed by atoms with van der Waals surface area (Å²) >= 11 is 3.41. The Kier molecular flexibility index (Phi) is 4.39. The quantitative estimate of drug-likeness (QED) is 0.877. The van der Waals surface area contributed by atoms with Crippen molar-refractivity contribution in [1.82, 2.24) is 10.3 Å². The van der Waals surface area contributed by atoms with Gasteiger partial charge in [-0.25, -0.2) is 0 Å². The lowest BCUT2D eigenvalue weighted by atomic mass is 10.0. The van der Waals surface area contributed by atoms with Crippen LogP contribution in [0.3, 0.4) is 0 Å². The van der Waals surface area contributed by atoms with E-state index in [2.05, 4.69) is 39.2 Å². The maximum atomic E-state index is 4.13. The van der Waals surface area contributed by atoms with E-state index in [0.29, 0.717) is 5.92 Å². The number of halogens is 1. The number of aromatic nitrogens is 1. The topological polar surface area (TPSA) is 24.9 Å². The van der Waals surface area contributed by atoms with Crippen LogP contribution < -0.4 is 5.32 Å². The van der Waals surface area contributed by atoms with E-state index in [1.54, 1.807) is 0 Å². The van der Waals surface area contributed by atoms with Gasteiger partial charge in [0.15, 0.2) is 0 Å². The molecular formula is C10H15BrN2. The van der Waals surface area contributed by atoms with Gasteiger partial charge < -0.3 is 5.32 Å². The van der Waals surface area contributed by atoms with Crippen molar-refractivity contribution in [3.63, 3.8) is 0 Å². The van der Waals surface area contributed by atoms with Crippen LogP contribution in [-0.4, -0.2) is 18.6 Å². The molecule has 0 aliphatic rings. The third-order valence-electron chi connectivity index (χ3n) is 1.90. The minimum Gasteiger partial charge on any atom is -0.319 e. The molecule has 2 nitrogen and oxygen atoms in total. The molecule has 3 heteroatoms. The fraction of sp³-hybridized carbons (Fsp3) is 0.500. The van der Waals surface area contributed by atoms with Crippen LogP contribution >= 0.6 is 15.9 Å². The molecule has 1 aromatic heterocycles. The predicted molar refractivity (Wildman–Crippen MR) is 58.7 cm³/mol. The Morgan fingerprint density at radius 2 is 2.31 bits per heavy atom. The summed E-state index contributed by atoms with van der Waals surface area (Å²) in [5.74, 6) is 0.654. The van der Waals surface area contributed by atoms with E-state index in [1.165, 1.54) is 5.56 Å². The largest absolute Gasteiger partial charge is 0.319 e. The standard InChI is InChI=1S/C10H15BrN2/c1-8(5-12-2)3-9-4-10(11)7-13-6-9/h4,6-8,12H,3,5H2,1-2H3. The second-order valence-electron chi connectivity index (χ2n) is 3.38. The molecule has 0 fully saturated rings. The van der Waals surface area contributed by atoms with Crippen molar-refractivity contribution in [1.29, 1.82) is 0 Å². The molecule has 1 aromatic rings. The highest BCUT2D eigenvalue weighted by atomic mass is 79.9. The fourth-order valence-electron chi connectivity index (χ4n) is 1.39. The Labute approximate surface area is 87.9 Å². The van der Waals surface area contributed by atoms with Crippen molar-refractivity contribution in [2.45, 2.75) is 13.3 Å². The molecule has 1 atom stereocenters. The van der Waals surface area contributed by atoms with Crippen LogP contribution in [0.4, 0.5) is 0 Å². The molecule has 72 valence electrons. The fourth-order valence-corrected chi connectivity index (χ4v) is 1.80. The van der Waals surface area contributed by atoms with Gasteiger partial charge in [-0.15, -0.1) is 0 Å². The van der Waals surface area contributed by atoms with Gasteiger partial charge in [-0.2, -0.15) is 0 Å². The first-order chi connectivity index (χ1) is 6.22. The number of rotatable bonds is 4. The van der Waals surface area contributed by atoms with Gasteiger partial charge in [-0.3, -0.25) is 4.98 Å². The van der Waals surface area contributed by atoms with E-state index < -0.39 is 0 Å². The summed E-state index contributed by atoms with van der Waals surface area (Å²) in [6, 6.07) is 2.12. The minimum absolute atomic E-state index is 0.654. The molecule has 1 rings (SSSR count). The van der Waals surface area contributed by atoms with Crippen molar-refractivity contribution < 1.29 is 0 Å². The summed E-state index contributed by atoms with van der Waals surface area (Å²) < 4.78 is 1.06. The Morgan fingerprint density at radius 3 is 2.92 bits per heavy atom. The lowest BCUT2D eigenvalue weighted by Crippen LogP contribution is -2.17. The summed E-state index contributed by atoms with van der Waals surface area (Å²) in [7, 11) is 1.98. The Balaban J connectivity index is 2.53. The van der Waals surface area contributed by atoms with Gasteiger partial charge in [-0.05, 0) is 53.5 Å². The molecule has 0 spiro atoms. The SMILES string of the molecule is CNCC(C)Cc1cncc(Br)c1. The van der Waals surface area contributed by atoms with Crippen molar-refractivity contribution in [3.8, 4) is 0 Å². The second kappa shape index (κ2) is 5.35. The number of pyridine rings is 1. The van der Waals surface area contributed by atoms with Gasteiger partial charge in [-0.1, -0.05) is 6.92 Å². The zero-order chi connectivity index (χ0) is 9.68. The van der Waals surface area contributed by atoms with Gasteiger partial charge in [0.05, 0.1) is 0 Å². The molecular weight excluding hydrogens is 228 g/mol. The molecule has 1 heterocycles. The first-order valence-electron chi connectivity index (χ1n) is 4.46. The summed E-state index contributed by atoms with van der Waals surface area (Å²) in [5.41, 5.74) is 1.29. The van der Waals surface area contributed by atoms with Crippen LogP contribution in [0.5, 0.6) is 0 Å². The van der Waals surface area contributed by atoms with Crippen molar-refractivity contribution >= 4 is 15.9 Å². The Bertz CT molecular complexity index is 263. The minimum atomic E-state index is 0.654. The Hall–Kier alpha value is -0.410. The first-order valence-corrected chi connectivity index (χ1v) is 5.25. The number of nitrogens with zero attached hydrogens (tertiary/aromatic N) is 1. The third-order valence-corrected chi connectivity index (χ3v) is 2.33. The highest BCUT2D eigenvalue weighted by Crippen LogP contribution is 2.12. The van der Waals surface area contributed by atoms with Crippen LogP contribution in [0.2, 0.25) is 0 Å². The number of hydrogen-bond donors (Lipinski definition) is 1. The van der Waals surface area contributed by atoms with E-state index in [1.807, 2.05) is 19.4 Å². The van der Waals surface area contributed by atoms with Gasteiger partial charge in [0.1, 0.15) is 0 Å². The highest BCUT2D eigenvalue weighted by molar-refractivity contribution is 9.10. The maximum Gasteiger partial charge on any atom is 0.0410 e. The third kappa shape index (κ3) is 3.87. The van der Waals surface area contributed by atoms with E-state index in [4.69, 9.17) is 0 Å². The lowest BCUT2D eigenvalue weighted by molar-refractivity contribution is 0.541. The molecule has 0 amide bonds. The van der Waals surface area contributed by atoms with Crippen LogP contribution in [0.1, 0.15) is 12.5 Å². The molecule has 1 unspecified atom stereocenters. The van der Waals surface area contributed by atoms with Crippen LogP contribution in [0.15, 0.2) is 22.9 Å². The van der Waals surface area contributed by atoms with Gasteiger partial charge in [0.25, 0.3) is 0 Å². The lowest BCUT2D eigenvalue weighted by Gasteiger charge is -2.09. The van der Waals surface area contributed by atoms with Crippen LogP contribution in [0, 0.1) is 5.92 Å². The molecule has 0 aromatic carbocycles. The van der Waals surface area contributed by atoms with E-state index in [-0.39, 0.29) is 0 Å². The number of hydrogen-bond acceptors (Lipinski definition) is 2. The smallest absolute Gasteiger partial charge is 0.0410 e. The molecule has 0 radical (unpaired) electrons. The highest BCUT2D eigenvalue weighted by Gasteiger charge is 2.02. The molecule has 0 aliphatic carbocycles. The molecule has 13 heavy (non-hydrogen) atoms. The number of nitrogens with one attached hydrogen (secondary N) is 1. The second-order valence-corrected chi connectivity index (χ2v) is 4.29. The zero-order valence-corrected chi connectivity index (χ0v) is 9.63. The van der Waals surface area contributed by atoms with Crippen molar-refractivity contribution in [2.24, 2.45) is 5.92 Å². The summed E-state index contributed by atoms with van der Waals surface area (Å²) in [6.45, 7) is 3.28. The van der Waals surface area contributed by atoms with E-state index >= 15 is 0 Å². The van der Waals surface area contributed by atoms with Gasteiger partial charge in [0.2, 0.25) is 0 Å². The molecule has 1 N–H and O–H groups in total. The average molecular weight is 243 g/mol. The van der Waals surface area contributed by atoms with Crippen molar-refractivity contribution in [2.75, 3.05) is 13.6 Å². The van der Waals surface area contributed by atoms with Crippen molar-refractivity contribution in [3.05, 3.63) is 28.5 Å². The van der Waals surface area contributed by atoms with E-state index in [0.717, 1.165) is 17.4 Å². The normalized spacial score (nSPS) is 12.8. The summed E-state index contributed by atoms with van der Waals surface area (Å²) in [4.78, 5) is 4.13. The molecule has 0 bridgehead atoms. The molecule has 0 saturated heterocycles.